The van der Waals surface area contributed by atoms with Crippen LogP contribution in [0.4, 0.5) is 0 Å². The highest BCUT2D eigenvalue weighted by atomic mass is 16.3. The Labute approximate surface area is 122 Å². The SMILES string of the molecule is CC1CCN(C2CCCc3ccccc3C2O)C(C)C1. The summed E-state index contributed by atoms with van der Waals surface area (Å²) < 4.78 is 0. The van der Waals surface area contributed by atoms with E-state index in [1.807, 2.05) is 0 Å². The third-order valence-corrected chi connectivity index (χ3v) is 5.30. The molecule has 0 bridgehead atoms. The Bertz CT molecular complexity index is 458. The third kappa shape index (κ3) is 2.64. The van der Waals surface area contributed by atoms with Crippen LogP contribution < -0.4 is 0 Å². The summed E-state index contributed by atoms with van der Waals surface area (Å²) in [7, 11) is 0. The van der Waals surface area contributed by atoms with Crippen molar-refractivity contribution in [3.05, 3.63) is 35.4 Å². The van der Waals surface area contributed by atoms with Crippen molar-refractivity contribution in [1.29, 1.82) is 0 Å². The smallest absolute Gasteiger partial charge is 0.0947 e. The van der Waals surface area contributed by atoms with Gasteiger partial charge < -0.3 is 5.11 Å². The number of aliphatic hydroxyl groups excluding tert-OH is 1. The van der Waals surface area contributed by atoms with Crippen LogP contribution in [0, 0.1) is 5.92 Å². The number of aliphatic hydroxyl groups is 1. The summed E-state index contributed by atoms with van der Waals surface area (Å²) in [4.78, 5) is 2.58. The molecular weight excluding hydrogens is 246 g/mol. The minimum Gasteiger partial charge on any atom is -0.387 e. The van der Waals surface area contributed by atoms with Crippen LogP contribution in [-0.2, 0) is 6.42 Å². The van der Waals surface area contributed by atoms with Gasteiger partial charge in [0.2, 0.25) is 0 Å². The van der Waals surface area contributed by atoms with Gasteiger partial charge in [-0.25, -0.2) is 0 Å². The Morgan fingerprint density at radius 1 is 1.15 bits per heavy atom. The van der Waals surface area contributed by atoms with E-state index in [1.165, 1.54) is 30.4 Å². The van der Waals surface area contributed by atoms with Gasteiger partial charge in [0.25, 0.3) is 0 Å². The van der Waals surface area contributed by atoms with Crippen LogP contribution in [0.25, 0.3) is 0 Å². The van der Waals surface area contributed by atoms with Gasteiger partial charge in [-0.3, -0.25) is 4.90 Å². The lowest BCUT2D eigenvalue weighted by Gasteiger charge is -2.43. The highest BCUT2D eigenvalue weighted by Crippen LogP contribution is 2.35. The van der Waals surface area contributed by atoms with E-state index in [9.17, 15) is 5.11 Å². The summed E-state index contributed by atoms with van der Waals surface area (Å²) in [5.74, 6) is 0.830. The Morgan fingerprint density at radius 2 is 1.95 bits per heavy atom. The summed E-state index contributed by atoms with van der Waals surface area (Å²) in [6, 6.07) is 9.37. The zero-order valence-electron chi connectivity index (χ0n) is 12.8. The standard InChI is InChI=1S/C18H27NO/c1-13-10-11-19(14(2)12-13)17-9-5-7-15-6-3-4-8-16(15)18(17)20/h3-4,6,8,13-14,17-18,20H,5,7,9-12H2,1-2H3. The number of benzene rings is 1. The van der Waals surface area contributed by atoms with Gasteiger partial charge in [0, 0.05) is 12.1 Å². The number of aryl methyl sites for hydroxylation is 1. The molecule has 3 rings (SSSR count). The number of piperidine rings is 1. The summed E-state index contributed by atoms with van der Waals surface area (Å²) >= 11 is 0. The molecule has 0 aromatic heterocycles. The van der Waals surface area contributed by atoms with Crippen molar-refractivity contribution in [3.8, 4) is 0 Å². The maximum absolute atomic E-state index is 10.9. The van der Waals surface area contributed by atoms with Crippen LogP contribution >= 0.6 is 0 Å². The molecule has 1 aromatic rings. The van der Waals surface area contributed by atoms with Gasteiger partial charge in [0.05, 0.1) is 6.10 Å². The second kappa shape index (κ2) is 5.87. The molecule has 2 heteroatoms. The summed E-state index contributed by atoms with van der Waals surface area (Å²) in [5.41, 5.74) is 2.52. The molecule has 1 aromatic carbocycles. The van der Waals surface area contributed by atoms with E-state index in [0.717, 1.165) is 25.3 Å². The van der Waals surface area contributed by atoms with Crippen molar-refractivity contribution < 1.29 is 5.11 Å². The fourth-order valence-corrected chi connectivity index (χ4v) is 4.18. The molecule has 4 unspecified atom stereocenters. The molecule has 0 amide bonds. The van der Waals surface area contributed by atoms with Crippen molar-refractivity contribution >= 4 is 0 Å². The number of likely N-dealkylation sites (tertiary alicyclic amines) is 1. The summed E-state index contributed by atoms with van der Waals surface area (Å²) in [6.07, 6.45) is 5.65. The number of rotatable bonds is 1. The minimum atomic E-state index is -0.315. The Balaban J connectivity index is 1.83. The normalized spacial score (nSPS) is 35.4. The minimum absolute atomic E-state index is 0.307. The van der Waals surface area contributed by atoms with Crippen molar-refractivity contribution in [3.63, 3.8) is 0 Å². The zero-order chi connectivity index (χ0) is 14.1. The fourth-order valence-electron chi connectivity index (χ4n) is 4.18. The van der Waals surface area contributed by atoms with Crippen LogP contribution in [0.2, 0.25) is 0 Å². The first kappa shape index (κ1) is 14.1. The van der Waals surface area contributed by atoms with Crippen molar-refractivity contribution in [2.45, 2.75) is 64.1 Å². The molecule has 2 nitrogen and oxygen atoms in total. The lowest BCUT2D eigenvalue weighted by atomic mass is 9.89. The first-order valence-corrected chi connectivity index (χ1v) is 8.18. The lowest BCUT2D eigenvalue weighted by molar-refractivity contribution is -0.00102. The first-order chi connectivity index (χ1) is 9.66. The third-order valence-electron chi connectivity index (χ3n) is 5.30. The molecule has 1 aliphatic heterocycles. The number of nitrogens with zero attached hydrogens (tertiary/aromatic N) is 1. The zero-order valence-corrected chi connectivity index (χ0v) is 12.8. The van der Waals surface area contributed by atoms with E-state index in [1.54, 1.807) is 0 Å². The first-order valence-electron chi connectivity index (χ1n) is 8.18. The molecule has 0 radical (unpaired) electrons. The van der Waals surface area contributed by atoms with Crippen molar-refractivity contribution in [2.75, 3.05) is 6.54 Å². The molecule has 2 aliphatic rings. The molecular formula is C18H27NO. The molecule has 20 heavy (non-hydrogen) atoms. The Morgan fingerprint density at radius 3 is 2.75 bits per heavy atom. The molecule has 110 valence electrons. The summed E-state index contributed by atoms with van der Waals surface area (Å²) in [6.45, 7) is 5.83. The van der Waals surface area contributed by atoms with E-state index in [0.29, 0.717) is 12.1 Å². The molecule has 1 fully saturated rings. The molecule has 1 N–H and O–H groups in total. The van der Waals surface area contributed by atoms with Gasteiger partial charge >= 0.3 is 0 Å². The van der Waals surface area contributed by atoms with E-state index >= 15 is 0 Å². The van der Waals surface area contributed by atoms with Crippen LogP contribution in [-0.4, -0.2) is 28.6 Å². The van der Waals surface area contributed by atoms with Gasteiger partial charge in [-0.1, -0.05) is 31.2 Å². The predicted octanol–water partition coefficient (Wildman–Crippen LogP) is 3.55. The second-order valence-corrected chi connectivity index (χ2v) is 6.82. The Hall–Kier alpha value is -0.860. The van der Waals surface area contributed by atoms with Crippen LogP contribution in [0.15, 0.2) is 24.3 Å². The van der Waals surface area contributed by atoms with Crippen molar-refractivity contribution in [2.24, 2.45) is 5.92 Å². The topological polar surface area (TPSA) is 23.5 Å². The van der Waals surface area contributed by atoms with E-state index < -0.39 is 0 Å². The van der Waals surface area contributed by atoms with Gasteiger partial charge in [-0.2, -0.15) is 0 Å². The van der Waals surface area contributed by atoms with E-state index in [2.05, 4.69) is 43.0 Å². The summed E-state index contributed by atoms with van der Waals surface area (Å²) in [5, 5.41) is 10.9. The molecule has 4 atom stereocenters. The van der Waals surface area contributed by atoms with Crippen LogP contribution in [0.1, 0.15) is 56.8 Å². The maximum Gasteiger partial charge on any atom is 0.0947 e. The maximum atomic E-state index is 10.9. The average molecular weight is 273 g/mol. The number of hydrogen-bond donors (Lipinski definition) is 1. The lowest BCUT2D eigenvalue weighted by Crippen LogP contribution is -2.48. The van der Waals surface area contributed by atoms with Gasteiger partial charge in [-0.05, 0) is 62.6 Å². The number of fused-ring (bicyclic) bond motifs is 1. The van der Waals surface area contributed by atoms with E-state index in [4.69, 9.17) is 0 Å². The Kier molecular flexibility index (Phi) is 4.13. The highest BCUT2D eigenvalue weighted by Gasteiger charge is 2.35. The quantitative estimate of drug-likeness (QED) is 0.791. The molecule has 0 saturated carbocycles. The monoisotopic (exact) mass is 273 g/mol. The van der Waals surface area contributed by atoms with Gasteiger partial charge in [0.15, 0.2) is 0 Å². The van der Waals surface area contributed by atoms with Gasteiger partial charge in [-0.15, -0.1) is 0 Å². The number of hydrogen-bond acceptors (Lipinski definition) is 2. The van der Waals surface area contributed by atoms with Crippen molar-refractivity contribution in [1.82, 2.24) is 4.90 Å². The largest absolute Gasteiger partial charge is 0.387 e. The van der Waals surface area contributed by atoms with E-state index in [-0.39, 0.29) is 6.10 Å². The van der Waals surface area contributed by atoms with Crippen LogP contribution in [0.3, 0.4) is 0 Å². The van der Waals surface area contributed by atoms with Gasteiger partial charge in [0.1, 0.15) is 0 Å². The molecule has 1 heterocycles. The average Bonchev–Trinajstić information content (AvgIpc) is 2.59. The second-order valence-electron chi connectivity index (χ2n) is 6.82. The van der Waals surface area contributed by atoms with Crippen LogP contribution in [0.5, 0.6) is 0 Å². The fraction of sp³-hybridized carbons (Fsp3) is 0.667. The molecule has 1 aliphatic carbocycles. The highest BCUT2D eigenvalue weighted by molar-refractivity contribution is 5.31. The predicted molar refractivity (Wildman–Crippen MR) is 82.7 cm³/mol. The molecule has 1 saturated heterocycles. The molecule has 0 spiro atoms.